The maximum Gasteiger partial charge on any atom is 0.135 e. The van der Waals surface area contributed by atoms with Gasteiger partial charge in [0.25, 0.3) is 0 Å². The Labute approximate surface area is 375 Å². The van der Waals surface area contributed by atoms with Crippen molar-refractivity contribution in [3.8, 4) is 39.1 Å². The van der Waals surface area contributed by atoms with E-state index in [2.05, 4.69) is 229 Å². The van der Waals surface area contributed by atoms with E-state index in [0.717, 1.165) is 65.2 Å². The zero-order chi connectivity index (χ0) is 43.0. The molecule has 0 unspecified atom stereocenters. The van der Waals surface area contributed by atoms with Gasteiger partial charge in [-0.05, 0) is 143 Å². The van der Waals surface area contributed by atoms with Gasteiger partial charge in [0.15, 0.2) is 0 Å². The molecule has 0 fully saturated rings. The fourth-order valence-corrected chi connectivity index (χ4v) is 9.71. The third-order valence-electron chi connectivity index (χ3n) is 13.0. The largest absolute Gasteiger partial charge is 0.460 e. The fraction of sp³-hybridized carbons (Fsp3) is 0.0820. The van der Waals surface area contributed by atoms with E-state index in [1.165, 1.54) is 72.2 Å². The summed E-state index contributed by atoms with van der Waals surface area (Å²) < 4.78 is 8.91. The highest BCUT2D eigenvalue weighted by Gasteiger charge is 2.22. The van der Waals surface area contributed by atoms with Crippen molar-refractivity contribution in [1.82, 2.24) is 4.57 Å². The molecule has 3 heteroatoms. The Kier molecular flexibility index (Phi) is 10.2. The van der Waals surface area contributed by atoms with E-state index < -0.39 is 0 Å². The summed E-state index contributed by atoms with van der Waals surface area (Å²) in [6.45, 7) is 6.23. The Morgan fingerprint density at radius 2 is 1.11 bits per heavy atom. The second-order valence-electron chi connectivity index (χ2n) is 16.8. The summed E-state index contributed by atoms with van der Waals surface area (Å²) in [5.74, 6) is 1.07. The van der Waals surface area contributed by atoms with Crippen LogP contribution in [0.2, 0.25) is 0 Å². The fourth-order valence-electron chi connectivity index (χ4n) is 9.71. The number of hydrogen-bond acceptors (Lipinski definition) is 2. The monoisotopic (exact) mass is 824 g/mol. The van der Waals surface area contributed by atoms with Gasteiger partial charge in [0.05, 0.1) is 5.52 Å². The minimum Gasteiger partial charge on any atom is -0.460 e. The molecule has 308 valence electrons. The lowest BCUT2D eigenvalue weighted by Gasteiger charge is -2.26. The van der Waals surface area contributed by atoms with Gasteiger partial charge in [-0.1, -0.05) is 146 Å². The molecule has 0 saturated heterocycles. The molecular formula is C61H48N2O. The third-order valence-corrected chi connectivity index (χ3v) is 13.0. The topological polar surface area (TPSA) is 21.3 Å². The molecule has 2 aromatic heterocycles. The van der Waals surface area contributed by atoms with Crippen LogP contribution >= 0.6 is 0 Å². The van der Waals surface area contributed by atoms with Gasteiger partial charge in [-0.25, -0.2) is 0 Å². The lowest BCUT2D eigenvalue weighted by atomic mass is 9.90. The number of nitrogens with zero attached hydrogens (tertiary/aromatic N) is 2. The summed E-state index contributed by atoms with van der Waals surface area (Å²) >= 11 is 0. The Balaban J connectivity index is 0.908. The molecule has 0 bridgehead atoms. The summed E-state index contributed by atoms with van der Waals surface area (Å²) in [5, 5.41) is 2.48. The van der Waals surface area contributed by atoms with Crippen LogP contribution in [-0.4, -0.2) is 4.57 Å². The summed E-state index contributed by atoms with van der Waals surface area (Å²) in [6.07, 6.45) is 8.13. The lowest BCUT2D eigenvalue weighted by molar-refractivity contribution is 0.548. The van der Waals surface area contributed by atoms with Crippen LogP contribution in [0, 0.1) is 6.92 Å². The molecule has 3 nitrogen and oxygen atoms in total. The highest BCUT2D eigenvalue weighted by molar-refractivity contribution is 5.98. The van der Waals surface area contributed by atoms with Crippen molar-refractivity contribution in [3.05, 3.63) is 241 Å². The third kappa shape index (κ3) is 7.25. The minimum atomic E-state index is 0.876. The minimum absolute atomic E-state index is 0.876. The zero-order valence-electron chi connectivity index (χ0n) is 36.0. The summed E-state index contributed by atoms with van der Waals surface area (Å²) in [4.78, 5) is 2.36. The normalized spacial score (nSPS) is 12.3. The first-order valence-corrected chi connectivity index (χ1v) is 22.4. The van der Waals surface area contributed by atoms with Crippen molar-refractivity contribution in [1.29, 1.82) is 0 Å². The number of aromatic nitrogens is 1. The Morgan fingerprint density at radius 1 is 0.531 bits per heavy atom. The summed E-state index contributed by atoms with van der Waals surface area (Å²) in [7, 11) is 0. The first-order chi connectivity index (χ1) is 31.6. The average Bonchev–Trinajstić information content (AvgIpc) is 3.87. The van der Waals surface area contributed by atoms with Crippen molar-refractivity contribution < 1.29 is 4.42 Å². The summed E-state index contributed by atoms with van der Waals surface area (Å²) in [6, 6.07) is 72.4. The molecule has 1 aliphatic carbocycles. The number of benzene rings is 8. The van der Waals surface area contributed by atoms with Crippen molar-refractivity contribution in [2.75, 3.05) is 4.90 Å². The van der Waals surface area contributed by atoms with E-state index >= 15 is 0 Å². The Hall–Kier alpha value is -7.88. The number of para-hydroxylation sites is 1. The van der Waals surface area contributed by atoms with Crippen LogP contribution in [0.4, 0.5) is 17.1 Å². The number of allylic oxidation sites excluding steroid dienone is 2. The van der Waals surface area contributed by atoms with E-state index in [0.29, 0.717) is 0 Å². The predicted molar refractivity (Wildman–Crippen MR) is 270 cm³/mol. The molecule has 0 amide bonds. The molecule has 2 heterocycles. The highest BCUT2D eigenvalue weighted by atomic mass is 16.3. The molecule has 64 heavy (non-hydrogen) atoms. The molecule has 10 aromatic rings. The van der Waals surface area contributed by atoms with Crippen LogP contribution in [0.1, 0.15) is 41.0 Å². The highest BCUT2D eigenvalue weighted by Crippen LogP contribution is 2.41. The van der Waals surface area contributed by atoms with Crippen LogP contribution in [-0.2, 0) is 12.8 Å². The molecule has 1 aliphatic rings. The van der Waals surface area contributed by atoms with Gasteiger partial charge in [0, 0.05) is 51.2 Å². The van der Waals surface area contributed by atoms with Gasteiger partial charge >= 0.3 is 0 Å². The second kappa shape index (κ2) is 16.8. The van der Waals surface area contributed by atoms with Crippen molar-refractivity contribution in [2.45, 2.75) is 32.6 Å². The number of fused-ring (bicyclic) bond motifs is 4. The second-order valence-corrected chi connectivity index (χ2v) is 16.8. The van der Waals surface area contributed by atoms with Crippen LogP contribution < -0.4 is 4.90 Å². The van der Waals surface area contributed by atoms with Gasteiger partial charge in [-0.15, -0.1) is 6.58 Å². The number of anilines is 3. The molecule has 0 N–H and O–H groups in total. The molecule has 8 aromatic carbocycles. The SMILES string of the molecule is C=CCCc1c(C)n(-c2ccc3oc4c(c3c2)C=C(c2ccc(-c3cccc(N(c5ccc(-c6ccccc6)cc5)c5ccc(-c6ccccc6)cc5)c3)cc2)CC4)c2ccccc12. The van der Waals surface area contributed by atoms with Gasteiger partial charge in [0.2, 0.25) is 0 Å². The number of furan rings is 1. The van der Waals surface area contributed by atoms with Crippen LogP contribution in [0.5, 0.6) is 0 Å². The first kappa shape index (κ1) is 39.0. The smallest absolute Gasteiger partial charge is 0.135 e. The molecule has 0 atom stereocenters. The van der Waals surface area contributed by atoms with Gasteiger partial charge in [-0.2, -0.15) is 0 Å². The number of rotatable bonds is 11. The Bertz CT molecular complexity index is 3230. The van der Waals surface area contributed by atoms with Crippen LogP contribution in [0.25, 0.3) is 72.6 Å². The van der Waals surface area contributed by atoms with Crippen LogP contribution in [0.15, 0.2) is 217 Å². The van der Waals surface area contributed by atoms with E-state index in [-0.39, 0.29) is 0 Å². The van der Waals surface area contributed by atoms with Crippen molar-refractivity contribution in [2.24, 2.45) is 0 Å². The van der Waals surface area contributed by atoms with E-state index in [4.69, 9.17) is 4.42 Å². The predicted octanol–water partition coefficient (Wildman–Crippen LogP) is 16.8. The van der Waals surface area contributed by atoms with Crippen molar-refractivity contribution in [3.63, 3.8) is 0 Å². The van der Waals surface area contributed by atoms with Crippen molar-refractivity contribution >= 4 is 50.6 Å². The molecule has 0 aliphatic heterocycles. The average molecular weight is 825 g/mol. The Morgan fingerprint density at radius 3 is 1.78 bits per heavy atom. The van der Waals surface area contributed by atoms with E-state index in [1.54, 1.807) is 0 Å². The van der Waals surface area contributed by atoms with Crippen LogP contribution in [0.3, 0.4) is 0 Å². The maximum atomic E-state index is 6.50. The zero-order valence-corrected chi connectivity index (χ0v) is 36.0. The van der Waals surface area contributed by atoms with Gasteiger partial charge < -0.3 is 13.9 Å². The maximum absolute atomic E-state index is 6.50. The van der Waals surface area contributed by atoms with Gasteiger partial charge in [-0.3, -0.25) is 0 Å². The number of hydrogen-bond donors (Lipinski definition) is 0. The molecule has 0 spiro atoms. The van der Waals surface area contributed by atoms with E-state index in [1.807, 2.05) is 6.08 Å². The number of aryl methyl sites for hydroxylation is 2. The van der Waals surface area contributed by atoms with E-state index in [9.17, 15) is 0 Å². The quantitative estimate of drug-likeness (QED) is 0.121. The van der Waals surface area contributed by atoms with Gasteiger partial charge in [0.1, 0.15) is 11.3 Å². The lowest BCUT2D eigenvalue weighted by Crippen LogP contribution is -2.10. The molecule has 0 saturated carbocycles. The molecule has 11 rings (SSSR count). The standard InChI is InChI=1S/C61H48N2O/c1-3-4-20-55-42(2)62(59-22-12-11-21-56(55)59)54-36-38-61-58(41-54)57-40-50(31-37-60(57)64-61)48-25-23-47(24-26-48)49-18-13-19-53(39-49)63(51-32-27-45(28-33-51)43-14-7-5-8-15-43)52-34-29-46(30-35-52)44-16-9-6-10-17-44/h3,5-19,21-30,32-36,38-41H,1,4,20,31,37H2,2H3. The summed E-state index contributed by atoms with van der Waals surface area (Å²) in [5.41, 5.74) is 20.3. The first-order valence-electron chi connectivity index (χ1n) is 22.4. The molecule has 0 radical (unpaired) electrons. The molecular weight excluding hydrogens is 777 g/mol.